The van der Waals surface area contributed by atoms with Crippen molar-refractivity contribution in [2.24, 2.45) is 5.92 Å². The summed E-state index contributed by atoms with van der Waals surface area (Å²) in [6, 6.07) is 3.37. The fourth-order valence-electron chi connectivity index (χ4n) is 2.45. The fourth-order valence-corrected chi connectivity index (χ4v) is 2.72. The topological polar surface area (TPSA) is 48.0 Å². The predicted octanol–water partition coefficient (Wildman–Crippen LogP) is 3.25. The van der Waals surface area contributed by atoms with Gasteiger partial charge in [-0.05, 0) is 18.1 Å². The molecule has 128 valence electrons. The predicted molar refractivity (Wildman–Crippen MR) is 89.7 cm³/mol. The number of hydrogen-bond acceptors (Lipinski definition) is 4. The summed E-state index contributed by atoms with van der Waals surface area (Å²) in [5, 5.41) is 0.406. The summed E-state index contributed by atoms with van der Waals surface area (Å²) in [5.41, 5.74) is 0.510. The van der Waals surface area contributed by atoms with Gasteiger partial charge in [0.2, 0.25) is 0 Å². The second-order valence-electron chi connectivity index (χ2n) is 5.97. The Morgan fingerprint density at radius 3 is 2.78 bits per heavy atom. The number of rotatable bonds is 6. The minimum atomic E-state index is -0.0757. The first-order valence-corrected chi connectivity index (χ1v) is 8.28. The number of methoxy groups -OCH3 is 1. The molecule has 0 fully saturated rings. The Morgan fingerprint density at radius 1 is 1.35 bits per heavy atom. The smallest absolute Gasteiger partial charge is 0.254 e. The molecular formula is C17H24ClNO4. The Labute approximate surface area is 142 Å². The molecule has 1 amide bonds. The monoisotopic (exact) mass is 341 g/mol. The second kappa shape index (κ2) is 8.41. The standard InChI is InChI=1S/C17H24ClNO4/c1-12(2)11-19(5-8-21-3)17(20)13-9-14(18)16-15(10-13)22-6-4-7-23-16/h9-10,12H,4-8,11H2,1-3H3. The molecule has 1 heterocycles. The highest BCUT2D eigenvalue weighted by molar-refractivity contribution is 6.32. The van der Waals surface area contributed by atoms with Crippen LogP contribution in [-0.2, 0) is 4.74 Å². The van der Waals surface area contributed by atoms with Crippen molar-refractivity contribution in [2.45, 2.75) is 20.3 Å². The zero-order valence-electron chi connectivity index (χ0n) is 13.9. The van der Waals surface area contributed by atoms with Crippen LogP contribution in [0.2, 0.25) is 5.02 Å². The molecule has 0 spiro atoms. The van der Waals surface area contributed by atoms with Crippen LogP contribution in [0.25, 0.3) is 0 Å². The number of hydrogen-bond donors (Lipinski definition) is 0. The number of fused-ring (bicyclic) bond motifs is 1. The van der Waals surface area contributed by atoms with E-state index in [0.717, 1.165) is 6.42 Å². The van der Waals surface area contributed by atoms with E-state index in [0.29, 0.717) is 60.9 Å². The van der Waals surface area contributed by atoms with Crippen LogP contribution in [0.4, 0.5) is 0 Å². The first-order chi connectivity index (χ1) is 11.0. The molecule has 1 aliphatic heterocycles. The number of amides is 1. The first kappa shape index (κ1) is 17.9. The van der Waals surface area contributed by atoms with Crippen LogP contribution in [0.5, 0.6) is 11.5 Å². The highest BCUT2D eigenvalue weighted by Crippen LogP contribution is 2.38. The van der Waals surface area contributed by atoms with Gasteiger partial charge >= 0.3 is 0 Å². The number of carbonyl (C=O) groups excluding carboxylic acids is 1. The maximum Gasteiger partial charge on any atom is 0.254 e. The number of benzene rings is 1. The quantitative estimate of drug-likeness (QED) is 0.797. The molecule has 1 aliphatic rings. The van der Waals surface area contributed by atoms with Gasteiger partial charge in [0.15, 0.2) is 11.5 Å². The Kier molecular flexibility index (Phi) is 6.54. The maximum atomic E-state index is 12.8. The van der Waals surface area contributed by atoms with E-state index >= 15 is 0 Å². The van der Waals surface area contributed by atoms with E-state index in [9.17, 15) is 4.79 Å². The maximum absolute atomic E-state index is 12.8. The summed E-state index contributed by atoms with van der Waals surface area (Å²) in [7, 11) is 1.63. The lowest BCUT2D eigenvalue weighted by Crippen LogP contribution is -2.36. The van der Waals surface area contributed by atoms with Crippen LogP contribution in [0.1, 0.15) is 30.6 Å². The molecule has 0 aliphatic carbocycles. The van der Waals surface area contributed by atoms with Gasteiger partial charge in [0.1, 0.15) is 0 Å². The van der Waals surface area contributed by atoms with Crippen molar-refractivity contribution in [1.29, 1.82) is 0 Å². The summed E-state index contributed by atoms with van der Waals surface area (Å²) in [6.45, 7) is 6.97. The van der Waals surface area contributed by atoms with Crippen molar-refractivity contribution in [2.75, 3.05) is 40.0 Å². The van der Waals surface area contributed by atoms with Gasteiger partial charge in [-0.2, -0.15) is 0 Å². The number of halogens is 1. The van der Waals surface area contributed by atoms with Crippen LogP contribution in [0.3, 0.4) is 0 Å². The Hall–Kier alpha value is -1.46. The van der Waals surface area contributed by atoms with Crippen molar-refractivity contribution in [1.82, 2.24) is 4.90 Å². The highest BCUT2D eigenvalue weighted by atomic mass is 35.5. The average Bonchev–Trinajstić information content (AvgIpc) is 2.76. The van der Waals surface area contributed by atoms with Crippen molar-refractivity contribution in [3.8, 4) is 11.5 Å². The SMILES string of the molecule is COCCN(CC(C)C)C(=O)c1cc(Cl)c2c(c1)OCCCO2. The summed E-state index contributed by atoms with van der Waals surface area (Å²) < 4.78 is 16.4. The molecule has 6 heteroatoms. The molecule has 0 radical (unpaired) electrons. The van der Waals surface area contributed by atoms with E-state index < -0.39 is 0 Å². The Morgan fingerprint density at radius 2 is 2.09 bits per heavy atom. The Bertz CT molecular complexity index is 548. The molecule has 0 unspecified atom stereocenters. The summed E-state index contributed by atoms with van der Waals surface area (Å²) in [6.07, 6.45) is 0.793. The molecule has 0 atom stereocenters. The molecule has 1 aromatic rings. The van der Waals surface area contributed by atoms with Crippen molar-refractivity contribution >= 4 is 17.5 Å². The largest absolute Gasteiger partial charge is 0.489 e. The van der Waals surface area contributed by atoms with Crippen LogP contribution in [-0.4, -0.2) is 50.8 Å². The minimum Gasteiger partial charge on any atom is -0.489 e. The van der Waals surface area contributed by atoms with Gasteiger partial charge in [-0.3, -0.25) is 4.79 Å². The van der Waals surface area contributed by atoms with Crippen molar-refractivity contribution in [3.05, 3.63) is 22.7 Å². The number of carbonyl (C=O) groups is 1. The molecular weight excluding hydrogens is 318 g/mol. The first-order valence-electron chi connectivity index (χ1n) is 7.90. The summed E-state index contributed by atoms with van der Waals surface area (Å²) in [5.74, 6) is 1.35. The van der Waals surface area contributed by atoms with Crippen LogP contribution < -0.4 is 9.47 Å². The molecule has 0 saturated heterocycles. The molecule has 23 heavy (non-hydrogen) atoms. The van der Waals surface area contributed by atoms with Gasteiger partial charge in [0.25, 0.3) is 5.91 Å². The molecule has 1 aromatic carbocycles. The molecule has 2 rings (SSSR count). The van der Waals surface area contributed by atoms with Gasteiger partial charge < -0.3 is 19.1 Å². The highest BCUT2D eigenvalue weighted by Gasteiger charge is 2.22. The van der Waals surface area contributed by atoms with Gasteiger partial charge in [-0.1, -0.05) is 25.4 Å². The molecule has 0 N–H and O–H groups in total. The van der Waals surface area contributed by atoms with E-state index in [4.69, 9.17) is 25.8 Å². The number of nitrogens with zero attached hydrogens (tertiary/aromatic N) is 1. The third-order valence-electron chi connectivity index (χ3n) is 3.49. The van der Waals surface area contributed by atoms with E-state index in [1.54, 1.807) is 24.1 Å². The zero-order chi connectivity index (χ0) is 16.8. The minimum absolute atomic E-state index is 0.0757. The molecule has 0 aromatic heterocycles. The molecule has 5 nitrogen and oxygen atoms in total. The lowest BCUT2D eigenvalue weighted by atomic mass is 10.1. The summed E-state index contributed by atoms with van der Waals surface area (Å²) >= 11 is 6.28. The van der Waals surface area contributed by atoms with Crippen LogP contribution >= 0.6 is 11.6 Å². The normalized spacial score (nSPS) is 13.8. The fraction of sp³-hybridized carbons (Fsp3) is 0.588. The Balaban J connectivity index is 2.25. The lowest BCUT2D eigenvalue weighted by Gasteiger charge is -2.25. The third-order valence-corrected chi connectivity index (χ3v) is 3.77. The van der Waals surface area contributed by atoms with Gasteiger partial charge in [0, 0.05) is 32.2 Å². The van der Waals surface area contributed by atoms with Crippen LogP contribution in [0, 0.1) is 5.92 Å². The average molecular weight is 342 g/mol. The van der Waals surface area contributed by atoms with Crippen LogP contribution in [0.15, 0.2) is 12.1 Å². The van der Waals surface area contributed by atoms with E-state index in [2.05, 4.69) is 13.8 Å². The lowest BCUT2D eigenvalue weighted by molar-refractivity contribution is 0.0672. The van der Waals surface area contributed by atoms with E-state index in [-0.39, 0.29) is 5.91 Å². The van der Waals surface area contributed by atoms with Crippen molar-refractivity contribution in [3.63, 3.8) is 0 Å². The number of ether oxygens (including phenoxy) is 3. The third kappa shape index (κ3) is 4.75. The van der Waals surface area contributed by atoms with Gasteiger partial charge in [0.05, 0.1) is 24.8 Å². The zero-order valence-corrected chi connectivity index (χ0v) is 14.7. The van der Waals surface area contributed by atoms with Gasteiger partial charge in [-0.25, -0.2) is 0 Å². The molecule has 0 saturated carbocycles. The van der Waals surface area contributed by atoms with E-state index in [1.165, 1.54) is 0 Å². The van der Waals surface area contributed by atoms with Crippen molar-refractivity contribution < 1.29 is 19.0 Å². The van der Waals surface area contributed by atoms with E-state index in [1.807, 2.05) is 0 Å². The molecule has 0 bridgehead atoms. The second-order valence-corrected chi connectivity index (χ2v) is 6.38. The van der Waals surface area contributed by atoms with Gasteiger partial charge in [-0.15, -0.1) is 0 Å². The summed E-state index contributed by atoms with van der Waals surface area (Å²) in [4.78, 5) is 14.6.